The van der Waals surface area contributed by atoms with Gasteiger partial charge in [0.05, 0.1) is 24.6 Å². The van der Waals surface area contributed by atoms with Crippen LogP contribution in [-0.4, -0.2) is 44.8 Å². The van der Waals surface area contributed by atoms with E-state index in [2.05, 4.69) is 5.32 Å². The Morgan fingerprint density at radius 3 is 2.43 bits per heavy atom. The van der Waals surface area contributed by atoms with E-state index in [9.17, 15) is 18.0 Å². The number of carbonyl (C=O) groups is 2. The zero-order chi connectivity index (χ0) is 21.7. The number of esters is 1. The van der Waals surface area contributed by atoms with Crippen molar-refractivity contribution in [2.75, 3.05) is 20.2 Å². The van der Waals surface area contributed by atoms with Crippen LogP contribution < -0.4 is 5.32 Å². The molecule has 0 saturated carbocycles. The zero-order valence-electron chi connectivity index (χ0n) is 16.5. The maximum Gasteiger partial charge on any atom is 0.307 e. The molecule has 0 radical (unpaired) electrons. The normalized spacial score (nSPS) is 15.5. The van der Waals surface area contributed by atoms with Crippen molar-refractivity contribution in [3.8, 4) is 0 Å². The van der Waals surface area contributed by atoms with Gasteiger partial charge in [-0.05, 0) is 36.6 Å². The molecule has 2 aromatic carbocycles. The summed E-state index contributed by atoms with van der Waals surface area (Å²) in [6.45, 7) is 0.870. The lowest BCUT2D eigenvalue weighted by molar-refractivity contribution is -0.141. The first-order valence-corrected chi connectivity index (χ1v) is 11.4. The average Bonchev–Trinajstić information content (AvgIpc) is 3.29. The molecule has 0 unspecified atom stereocenters. The van der Waals surface area contributed by atoms with Crippen LogP contribution in [0.3, 0.4) is 0 Å². The Hall–Kier alpha value is -2.42. The Bertz CT molecular complexity index is 1020. The molecule has 1 aliphatic rings. The topological polar surface area (TPSA) is 92.8 Å². The zero-order valence-corrected chi connectivity index (χ0v) is 18.1. The lowest BCUT2D eigenvalue weighted by Gasteiger charge is -2.20. The van der Waals surface area contributed by atoms with Crippen LogP contribution in [-0.2, 0) is 19.6 Å². The fraction of sp³-hybridized carbons (Fsp3) is 0.333. The van der Waals surface area contributed by atoms with Gasteiger partial charge in [0.1, 0.15) is 4.90 Å². The van der Waals surface area contributed by atoms with E-state index in [1.807, 2.05) is 6.07 Å². The molecule has 1 heterocycles. The number of halogens is 1. The molecular formula is C21H23ClN2O5S. The number of amides is 1. The molecule has 1 saturated heterocycles. The lowest BCUT2D eigenvalue weighted by Crippen LogP contribution is -2.31. The molecule has 0 aliphatic carbocycles. The van der Waals surface area contributed by atoms with Gasteiger partial charge in [0.15, 0.2) is 0 Å². The van der Waals surface area contributed by atoms with Crippen molar-refractivity contribution < 1.29 is 22.7 Å². The Morgan fingerprint density at radius 1 is 1.13 bits per heavy atom. The van der Waals surface area contributed by atoms with E-state index in [4.69, 9.17) is 16.3 Å². The minimum Gasteiger partial charge on any atom is -0.469 e. The molecule has 0 bridgehead atoms. The number of ether oxygens (including phenoxy) is 1. The van der Waals surface area contributed by atoms with Gasteiger partial charge < -0.3 is 10.1 Å². The van der Waals surface area contributed by atoms with Crippen molar-refractivity contribution >= 4 is 33.5 Å². The van der Waals surface area contributed by atoms with Gasteiger partial charge in [-0.3, -0.25) is 9.59 Å². The standard InChI is InChI=1S/C21H23ClN2O5S/c1-29-20(25)14-18(15-7-3-2-4-8-15)23-21(26)16-9-10-17(22)19(13-16)30(27,28)24-11-5-6-12-24/h2-4,7-10,13,18H,5-6,11-12,14H2,1H3,(H,23,26)/t18-/m1/s1. The molecule has 7 nitrogen and oxygen atoms in total. The number of methoxy groups -OCH3 is 1. The van der Waals surface area contributed by atoms with E-state index < -0.39 is 27.9 Å². The largest absolute Gasteiger partial charge is 0.469 e. The second-order valence-corrected chi connectivity index (χ2v) is 9.29. The van der Waals surface area contributed by atoms with E-state index >= 15 is 0 Å². The molecule has 0 aromatic heterocycles. The van der Waals surface area contributed by atoms with Crippen LogP contribution in [0.5, 0.6) is 0 Å². The van der Waals surface area contributed by atoms with Crippen LogP contribution in [0.4, 0.5) is 0 Å². The number of nitrogens with zero attached hydrogens (tertiary/aromatic N) is 1. The third kappa shape index (κ3) is 5.00. The molecule has 9 heteroatoms. The van der Waals surface area contributed by atoms with E-state index in [0.29, 0.717) is 13.1 Å². The van der Waals surface area contributed by atoms with Crippen LogP contribution in [0, 0.1) is 0 Å². The summed E-state index contributed by atoms with van der Waals surface area (Å²) in [5.74, 6) is -0.986. The number of rotatable bonds is 7. The quantitative estimate of drug-likeness (QED) is 0.654. The summed E-state index contributed by atoms with van der Waals surface area (Å²) in [5, 5.41) is 2.85. The van der Waals surface area contributed by atoms with Crippen molar-refractivity contribution in [3.63, 3.8) is 0 Å². The van der Waals surface area contributed by atoms with Gasteiger partial charge in [-0.2, -0.15) is 4.31 Å². The minimum atomic E-state index is -3.78. The predicted molar refractivity (Wildman–Crippen MR) is 113 cm³/mol. The highest BCUT2D eigenvalue weighted by molar-refractivity contribution is 7.89. The Balaban J connectivity index is 1.87. The summed E-state index contributed by atoms with van der Waals surface area (Å²) in [6.07, 6.45) is 1.53. The van der Waals surface area contributed by atoms with Gasteiger partial charge in [0.25, 0.3) is 5.91 Å². The summed E-state index contributed by atoms with van der Waals surface area (Å²) in [6, 6.07) is 12.5. The Morgan fingerprint density at radius 2 is 1.80 bits per heavy atom. The van der Waals surface area contributed by atoms with E-state index in [0.717, 1.165) is 18.4 Å². The van der Waals surface area contributed by atoms with Crippen LogP contribution in [0.1, 0.15) is 41.2 Å². The van der Waals surface area contributed by atoms with Crippen LogP contribution in [0.2, 0.25) is 5.02 Å². The van der Waals surface area contributed by atoms with E-state index in [1.165, 1.54) is 29.6 Å². The van der Waals surface area contributed by atoms with E-state index in [-0.39, 0.29) is 21.9 Å². The third-order valence-corrected chi connectivity index (χ3v) is 7.36. The molecule has 1 atom stereocenters. The first kappa shape index (κ1) is 22.3. The summed E-state index contributed by atoms with van der Waals surface area (Å²) in [5.41, 5.74) is 0.873. The minimum absolute atomic E-state index is 0.0568. The highest BCUT2D eigenvalue weighted by atomic mass is 35.5. The molecule has 1 fully saturated rings. The summed E-state index contributed by atoms with van der Waals surface area (Å²) < 4.78 is 31.9. The van der Waals surface area contributed by atoms with Gasteiger partial charge in [-0.1, -0.05) is 41.9 Å². The predicted octanol–water partition coefficient (Wildman–Crippen LogP) is 3.16. The number of benzene rings is 2. The molecule has 30 heavy (non-hydrogen) atoms. The lowest BCUT2D eigenvalue weighted by atomic mass is 10.0. The molecule has 1 N–H and O–H groups in total. The average molecular weight is 451 g/mol. The van der Waals surface area contributed by atoms with Crippen molar-refractivity contribution in [3.05, 3.63) is 64.7 Å². The Kier molecular flexibility index (Phi) is 7.12. The highest BCUT2D eigenvalue weighted by Gasteiger charge is 2.30. The van der Waals surface area contributed by atoms with Crippen molar-refractivity contribution in [2.24, 2.45) is 0 Å². The molecule has 2 aromatic rings. The molecule has 0 spiro atoms. The first-order chi connectivity index (χ1) is 14.3. The third-order valence-electron chi connectivity index (χ3n) is 4.98. The van der Waals surface area contributed by atoms with Gasteiger partial charge in [-0.25, -0.2) is 8.42 Å². The fourth-order valence-corrected chi connectivity index (χ4v) is 5.36. The highest BCUT2D eigenvalue weighted by Crippen LogP contribution is 2.28. The monoisotopic (exact) mass is 450 g/mol. The van der Waals surface area contributed by atoms with Crippen LogP contribution in [0.15, 0.2) is 53.4 Å². The van der Waals surface area contributed by atoms with Crippen molar-refractivity contribution in [1.82, 2.24) is 9.62 Å². The Labute approximate surface area is 181 Å². The van der Waals surface area contributed by atoms with E-state index in [1.54, 1.807) is 24.3 Å². The summed E-state index contributed by atoms with van der Waals surface area (Å²) >= 11 is 6.15. The number of hydrogen-bond donors (Lipinski definition) is 1. The number of nitrogens with one attached hydrogen (secondary N) is 1. The fourth-order valence-electron chi connectivity index (χ4n) is 3.34. The number of hydrogen-bond acceptors (Lipinski definition) is 5. The number of carbonyl (C=O) groups excluding carboxylic acids is 2. The summed E-state index contributed by atoms with van der Waals surface area (Å²) in [4.78, 5) is 24.6. The second kappa shape index (κ2) is 9.59. The van der Waals surface area contributed by atoms with Gasteiger partial charge in [0.2, 0.25) is 10.0 Å². The number of sulfonamides is 1. The molecule has 1 aliphatic heterocycles. The molecule has 1 amide bonds. The second-order valence-electron chi connectivity index (χ2n) is 6.97. The van der Waals surface area contributed by atoms with Crippen LogP contribution in [0.25, 0.3) is 0 Å². The summed E-state index contributed by atoms with van der Waals surface area (Å²) in [7, 11) is -2.50. The SMILES string of the molecule is COC(=O)C[C@@H](NC(=O)c1ccc(Cl)c(S(=O)(=O)N2CCCC2)c1)c1ccccc1. The first-order valence-electron chi connectivity index (χ1n) is 9.55. The van der Waals surface area contributed by atoms with Crippen molar-refractivity contribution in [1.29, 1.82) is 0 Å². The maximum absolute atomic E-state index is 12.9. The maximum atomic E-state index is 12.9. The smallest absolute Gasteiger partial charge is 0.307 e. The van der Waals surface area contributed by atoms with Crippen molar-refractivity contribution in [2.45, 2.75) is 30.2 Å². The molecule has 3 rings (SSSR count). The van der Waals surface area contributed by atoms with Gasteiger partial charge in [-0.15, -0.1) is 0 Å². The molecular weight excluding hydrogens is 428 g/mol. The van der Waals surface area contributed by atoms with Crippen LogP contribution >= 0.6 is 11.6 Å². The van der Waals surface area contributed by atoms with Gasteiger partial charge >= 0.3 is 5.97 Å². The molecule has 160 valence electrons. The van der Waals surface area contributed by atoms with Gasteiger partial charge in [0, 0.05) is 18.7 Å².